The van der Waals surface area contributed by atoms with Crippen molar-refractivity contribution >= 4 is 22.9 Å². The minimum atomic E-state index is -0.900. The summed E-state index contributed by atoms with van der Waals surface area (Å²) in [5.74, 6) is -0.139. The van der Waals surface area contributed by atoms with Crippen LogP contribution in [-0.2, 0) is 6.42 Å². The fourth-order valence-corrected chi connectivity index (χ4v) is 2.41. The molecule has 0 radical (unpaired) electrons. The first-order chi connectivity index (χ1) is 10.0. The third-order valence-corrected chi connectivity index (χ3v) is 3.42. The second kappa shape index (κ2) is 6.39. The van der Waals surface area contributed by atoms with Crippen LogP contribution in [-0.4, -0.2) is 44.9 Å². The van der Waals surface area contributed by atoms with E-state index in [2.05, 4.69) is 5.10 Å². The van der Waals surface area contributed by atoms with E-state index >= 15 is 0 Å². The van der Waals surface area contributed by atoms with Crippen LogP contribution in [0, 0.1) is 0 Å². The molecule has 1 aromatic heterocycles. The van der Waals surface area contributed by atoms with Crippen LogP contribution in [0.2, 0.25) is 0 Å². The Morgan fingerprint density at radius 3 is 2.71 bits per heavy atom. The third kappa shape index (κ3) is 3.21. The fraction of sp³-hybridized carbons (Fsp3) is 0.400. The monoisotopic (exact) mass is 289 g/mol. The van der Waals surface area contributed by atoms with Gasteiger partial charge in [-0.15, -0.1) is 0 Å². The Morgan fingerprint density at radius 1 is 1.33 bits per heavy atom. The van der Waals surface area contributed by atoms with E-state index in [1.54, 1.807) is 6.20 Å². The molecule has 1 aromatic carbocycles. The molecule has 112 valence electrons. The number of hydrogen-bond donors (Lipinski definition) is 1. The van der Waals surface area contributed by atoms with E-state index in [4.69, 9.17) is 5.11 Å². The number of carboxylic acid groups (broad SMARTS) is 1. The second-order valence-corrected chi connectivity index (χ2v) is 4.94. The second-order valence-electron chi connectivity index (χ2n) is 4.94. The van der Waals surface area contributed by atoms with Gasteiger partial charge in [0.15, 0.2) is 0 Å². The molecule has 1 N–H and O–H groups in total. The van der Waals surface area contributed by atoms with Crippen molar-refractivity contribution in [2.24, 2.45) is 0 Å². The highest BCUT2D eigenvalue weighted by atomic mass is 16.4. The van der Waals surface area contributed by atoms with Gasteiger partial charge in [-0.25, -0.2) is 9.48 Å². The summed E-state index contributed by atoms with van der Waals surface area (Å²) in [6.07, 6.45) is 2.16. The molecular weight excluding hydrogens is 270 g/mol. The molecule has 2 aromatic rings. The Balaban J connectivity index is 2.23. The molecule has 1 amide bonds. The molecule has 0 unspecified atom stereocenters. The van der Waals surface area contributed by atoms with Gasteiger partial charge in [-0.1, -0.05) is 19.1 Å². The van der Waals surface area contributed by atoms with Crippen LogP contribution < -0.4 is 0 Å². The predicted molar refractivity (Wildman–Crippen MR) is 79.6 cm³/mol. The average Bonchev–Trinajstić information content (AvgIpc) is 2.87. The summed E-state index contributed by atoms with van der Waals surface area (Å²) in [6.45, 7) is 4.38. The molecule has 0 spiro atoms. The van der Waals surface area contributed by atoms with E-state index in [1.165, 1.54) is 16.5 Å². The maximum atomic E-state index is 11.5. The number of hydrogen-bond acceptors (Lipinski definition) is 3. The zero-order valence-corrected chi connectivity index (χ0v) is 12.2. The van der Waals surface area contributed by atoms with Crippen molar-refractivity contribution in [2.45, 2.75) is 26.7 Å². The SMILES string of the molecule is CCCN(CCc1cccc2c1cnn2C(C)=O)C(=O)O. The lowest BCUT2D eigenvalue weighted by Crippen LogP contribution is -2.32. The van der Waals surface area contributed by atoms with Crippen molar-refractivity contribution in [1.82, 2.24) is 14.7 Å². The van der Waals surface area contributed by atoms with Gasteiger partial charge < -0.3 is 10.0 Å². The minimum absolute atomic E-state index is 0.139. The van der Waals surface area contributed by atoms with Gasteiger partial charge in [0.05, 0.1) is 11.7 Å². The van der Waals surface area contributed by atoms with E-state index in [1.807, 2.05) is 25.1 Å². The van der Waals surface area contributed by atoms with Gasteiger partial charge in [-0.05, 0) is 24.5 Å². The van der Waals surface area contributed by atoms with E-state index in [9.17, 15) is 9.59 Å². The zero-order valence-electron chi connectivity index (χ0n) is 12.2. The Hall–Kier alpha value is -2.37. The molecule has 0 atom stereocenters. The van der Waals surface area contributed by atoms with Gasteiger partial charge >= 0.3 is 6.09 Å². The molecule has 0 saturated heterocycles. The number of amides is 1. The van der Waals surface area contributed by atoms with Gasteiger partial charge in [-0.3, -0.25) is 4.79 Å². The van der Waals surface area contributed by atoms with Crippen LogP contribution in [0.3, 0.4) is 0 Å². The maximum Gasteiger partial charge on any atom is 0.407 e. The van der Waals surface area contributed by atoms with E-state index in [-0.39, 0.29) is 5.91 Å². The van der Waals surface area contributed by atoms with Crippen molar-refractivity contribution < 1.29 is 14.7 Å². The van der Waals surface area contributed by atoms with Crippen LogP contribution >= 0.6 is 0 Å². The van der Waals surface area contributed by atoms with Crippen LogP contribution in [0.5, 0.6) is 0 Å². The number of aromatic nitrogens is 2. The Kier molecular flexibility index (Phi) is 4.57. The van der Waals surface area contributed by atoms with Gasteiger partial charge in [0.25, 0.3) is 0 Å². The summed E-state index contributed by atoms with van der Waals surface area (Å²) < 4.78 is 1.36. The molecule has 21 heavy (non-hydrogen) atoms. The molecular formula is C15H19N3O3. The summed E-state index contributed by atoms with van der Waals surface area (Å²) in [7, 11) is 0. The molecule has 0 fully saturated rings. The number of rotatable bonds is 5. The highest BCUT2D eigenvalue weighted by Gasteiger charge is 2.13. The Morgan fingerprint density at radius 2 is 2.10 bits per heavy atom. The molecule has 6 heteroatoms. The summed E-state index contributed by atoms with van der Waals surface area (Å²) in [6, 6.07) is 5.65. The number of nitrogens with zero attached hydrogens (tertiary/aromatic N) is 3. The normalized spacial score (nSPS) is 10.8. The molecule has 0 bridgehead atoms. The largest absolute Gasteiger partial charge is 0.465 e. The van der Waals surface area contributed by atoms with E-state index in [0.29, 0.717) is 19.5 Å². The molecule has 6 nitrogen and oxygen atoms in total. The topological polar surface area (TPSA) is 75.4 Å². The predicted octanol–water partition coefficient (Wildman–Crippen LogP) is 2.63. The quantitative estimate of drug-likeness (QED) is 0.918. The van der Waals surface area contributed by atoms with Crippen molar-refractivity contribution in [3.05, 3.63) is 30.0 Å². The minimum Gasteiger partial charge on any atom is -0.465 e. The van der Waals surface area contributed by atoms with Crippen LogP contribution in [0.15, 0.2) is 24.4 Å². The Labute approximate surface area is 123 Å². The smallest absolute Gasteiger partial charge is 0.407 e. The van der Waals surface area contributed by atoms with Crippen molar-refractivity contribution in [1.29, 1.82) is 0 Å². The molecule has 0 aliphatic rings. The van der Waals surface area contributed by atoms with Crippen molar-refractivity contribution in [2.75, 3.05) is 13.1 Å². The summed E-state index contributed by atoms with van der Waals surface area (Å²) in [5, 5.41) is 14.1. The molecule has 2 rings (SSSR count). The Bertz CT molecular complexity index is 663. The first-order valence-corrected chi connectivity index (χ1v) is 6.99. The molecule has 0 aliphatic carbocycles. The average molecular weight is 289 g/mol. The number of carbonyl (C=O) groups is 2. The lowest BCUT2D eigenvalue weighted by molar-refractivity contribution is 0.0926. The lowest BCUT2D eigenvalue weighted by atomic mass is 10.1. The summed E-state index contributed by atoms with van der Waals surface area (Å²) in [5.41, 5.74) is 1.76. The standard InChI is InChI=1S/C15H19N3O3/c1-3-8-17(15(20)21)9-7-12-5-4-6-14-13(12)10-16-18(14)11(2)19/h4-6,10H,3,7-9H2,1-2H3,(H,20,21). The first kappa shape index (κ1) is 15.0. The van der Waals surface area contributed by atoms with Gasteiger partial charge in [0.2, 0.25) is 5.91 Å². The maximum absolute atomic E-state index is 11.5. The highest BCUT2D eigenvalue weighted by Crippen LogP contribution is 2.19. The third-order valence-electron chi connectivity index (χ3n) is 3.42. The van der Waals surface area contributed by atoms with Crippen molar-refractivity contribution in [3.63, 3.8) is 0 Å². The molecule has 0 aliphatic heterocycles. The highest BCUT2D eigenvalue weighted by molar-refractivity contribution is 5.91. The molecule has 1 heterocycles. The zero-order chi connectivity index (χ0) is 15.4. The number of fused-ring (bicyclic) bond motifs is 1. The van der Waals surface area contributed by atoms with E-state index in [0.717, 1.165) is 22.9 Å². The van der Waals surface area contributed by atoms with Gasteiger partial charge in [0, 0.05) is 25.4 Å². The molecule has 0 saturated carbocycles. The van der Waals surface area contributed by atoms with Crippen LogP contribution in [0.4, 0.5) is 4.79 Å². The summed E-state index contributed by atoms with van der Waals surface area (Å²) >= 11 is 0. The van der Waals surface area contributed by atoms with Gasteiger partial charge in [-0.2, -0.15) is 5.10 Å². The lowest BCUT2D eigenvalue weighted by Gasteiger charge is -2.18. The summed E-state index contributed by atoms with van der Waals surface area (Å²) in [4.78, 5) is 24.0. The van der Waals surface area contributed by atoms with E-state index < -0.39 is 6.09 Å². The van der Waals surface area contributed by atoms with Crippen LogP contribution in [0.25, 0.3) is 10.9 Å². The fourth-order valence-electron chi connectivity index (χ4n) is 2.41. The number of carbonyl (C=O) groups excluding carboxylic acids is 1. The first-order valence-electron chi connectivity index (χ1n) is 6.99. The van der Waals surface area contributed by atoms with Crippen LogP contribution in [0.1, 0.15) is 30.6 Å². The van der Waals surface area contributed by atoms with Gasteiger partial charge in [0.1, 0.15) is 0 Å². The number of benzene rings is 1. The van der Waals surface area contributed by atoms with Crippen molar-refractivity contribution in [3.8, 4) is 0 Å².